The van der Waals surface area contributed by atoms with Gasteiger partial charge in [0.15, 0.2) is 9.84 Å². The van der Waals surface area contributed by atoms with Crippen LogP contribution in [0.2, 0.25) is 0 Å². The van der Waals surface area contributed by atoms with Gasteiger partial charge in [-0.15, -0.1) is 12.4 Å². The summed E-state index contributed by atoms with van der Waals surface area (Å²) in [5.74, 6) is -0.906. The van der Waals surface area contributed by atoms with E-state index < -0.39 is 21.8 Å². The van der Waals surface area contributed by atoms with Crippen LogP contribution in [0.4, 0.5) is 0 Å². The molecule has 0 bridgehead atoms. The molecule has 7 heteroatoms. The molecule has 0 aromatic heterocycles. The summed E-state index contributed by atoms with van der Waals surface area (Å²) in [6, 6.07) is 3.88. The molecule has 1 aliphatic rings. The Kier molecular flexibility index (Phi) is 4.37. The molecular formula is C11H14ClNO4S. The number of sulfone groups is 1. The van der Waals surface area contributed by atoms with Crippen LogP contribution in [0.15, 0.2) is 23.1 Å². The van der Waals surface area contributed by atoms with E-state index in [9.17, 15) is 13.2 Å². The molecule has 100 valence electrons. The number of hydrogen-bond donors (Lipinski definition) is 2. The average molecular weight is 292 g/mol. The van der Waals surface area contributed by atoms with Crippen LogP contribution < -0.4 is 5.32 Å². The van der Waals surface area contributed by atoms with Gasteiger partial charge in [0.2, 0.25) is 0 Å². The molecular weight excluding hydrogens is 278 g/mol. The van der Waals surface area contributed by atoms with Crippen molar-refractivity contribution in [3.8, 4) is 0 Å². The molecule has 0 aliphatic carbocycles. The van der Waals surface area contributed by atoms with Gasteiger partial charge < -0.3 is 5.11 Å². The Labute approximate surface area is 112 Å². The van der Waals surface area contributed by atoms with Crippen molar-refractivity contribution >= 4 is 28.2 Å². The predicted molar refractivity (Wildman–Crippen MR) is 68.6 cm³/mol. The first-order valence-electron chi connectivity index (χ1n) is 5.27. The van der Waals surface area contributed by atoms with E-state index in [1.807, 2.05) is 0 Å². The number of aliphatic carboxylic acids is 1. The zero-order valence-electron chi connectivity index (χ0n) is 9.71. The van der Waals surface area contributed by atoms with Crippen molar-refractivity contribution in [3.63, 3.8) is 0 Å². The van der Waals surface area contributed by atoms with Crippen molar-refractivity contribution in [2.24, 2.45) is 0 Å². The minimum Gasteiger partial charge on any atom is -0.480 e. The number of carbonyl (C=O) groups is 1. The standard InChI is InChI=1S/C11H13NO4S.ClH/c1-2-17(15,16)8-3-4-9-7(5-8)6-12-10(9)11(13)14;/h3-5,10,12H,2,6H2,1H3,(H,13,14);1H. The smallest absolute Gasteiger partial charge is 0.325 e. The van der Waals surface area contributed by atoms with Crippen molar-refractivity contribution in [2.45, 2.75) is 24.4 Å². The lowest BCUT2D eigenvalue weighted by atomic mass is 10.1. The fourth-order valence-corrected chi connectivity index (χ4v) is 2.85. The third-order valence-electron chi connectivity index (χ3n) is 2.91. The minimum atomic E-state index is -3.23. The Morgan fingerprint density at radius 3 is 2.72 bits per heavy atom. The number of benzene rings is 1. The summed E-state index contributed by atoms with van der Waals surface area (Å²) in [7, 11) is -3.23. The highest BCUT2D eigenvalue weighted by molar-refractivity contribution is 7.91. The molecule has 1 aromatic carbocycles. The number of halogens is 1. The molecule has 0 spiro atoms. The maximum absolute atomic E-state index is 11.7. The number of rotatable bonds is 3. The molecule has 0 saturated heterocycles. The van der Waals surface area contributed by atoms with Crippen LogP contribution in [0.5, 0.6) is 0 Å². The monoisotopic (exact) mass is 291 g/mol. The number of hydrogen-bond acceptors (Lipinski definition) is 4. The van der Waals surface area contributed by atoms with E-state index in [4.69, 9.17) is 5.11 Å². The molecule has 0 fully saturated rings. The van der Waals surface area contributed by atoms with Gasteiger partial charge in [0.1, 0.15) is 6.04 Å². The zero-order valence-corrected chi connectivity index (χ0v) is 11.3. The molecule has 0 radical (unpaired) electrons. The van der Waals surface area contributed by atoms with Crippen LogP contribution in [-0.2, 0) is 21.2 Å². The van der Waals surface area contributed by atoms with Gasteiger partial charge in [0.25, 0.3) is 0 Å². The highest BCUT2D eigenvalue weighted by Gasteiger charge is 2.28. The molecule has 1 aromatic rings. The van der Waals surface area contributed by atoms with Crippen molar-refractivity contribution < 1.29 is 18.3 Å². The Balaban J connectivity index is 0.00000162. The summed E-state index contributed by atoms with van der Waals surface area (Å²) in [6.45, 7) is 1.97. The molecule has 0 amide bonds. The predicted octanol–water partition coefficient (Wildman–Crippen LogP) is 1.13. The first-order chi connectivity index (χ1) is 7.95. The van der Waals surface area contributed by atoms with Crippen molar-refractivity contribution in [3.05, 3.63) is 29.3 Å². The summed E-state index contributed by atoms with van der Waals surface area (Å²) in [6.07, 6.45) is 0. The van der Waals surface area contributed by atoms with Crippen LogP contribution in [0.25, 0.3) is 0 Å². The fourth-order valence-electron chi connectivity index (χ4n) is 1.92. The summed E-state index contributed by atoms with van der Waals surface area (Å²) >= 11 is 0. The van der Waals surface area contributed by atoms with Gasteiger partial charge in [0.05, 0.1) is 10.6 Å². The maximum Gasteiger partial charge on any atom is 0.325 e. The van der Waals surface area contributed by atoms with Crippen molar-refractivity contribution in [1.82, 2.24) is 5.32 Å². The lowest BCUT2D eigenvalue weighted by Crippen LogP contribution is -2.21. The zero-order chi connectivity index (χ0) is 12.6. The Morgan fingerprint density at radius 1 is 1.50 bits per heavy atom. The number of carboxylic acids is 1. The topological polar surface area (TPSA) is 83.5 Å². The van der Waals surface area contributed by atoms with E-state index in [1.165, 1.54) is 6.07 Å². The summed E-state index contributed by atoms with van der Waals surface area (Å²) in [4.78, 5) is 11.2. The van der Waals surface area contributed by atoms with Crippen LogP contribution in [-0.4, -0.2) is 25.2 Å². The molecule has 1 heterocycles. The van der Waals surface area contributed by atoms with Crippen LogP contribution in [0.3, 0.4) is 0 Å². The molecule has 1 atom stereocenters. The third-order valence-corrected chi connectivity index (χ3v) is 4.64. The van der Waals surface area contributed by atoms with E-state index in [1.54, 1.807) is 19.1 Å². The van der Waals surface area contributed by atoms with Gasteiger partial charge in [-0.05, 0) is 23.3 Å². The van der Waals surface area contributed by atoms with Gasteiger partial charge in [-0.25, -0.2) is 8.42 Å². The van der Waals surface area contributed by atoms with E-state index in [-0.39, 0.29) is 23.1 Å². The van der Waals surface area contributed by atoms with E-state index in [0.717, 1.165) is 5.56 Å². The van der Waals surface area contributed by atoms with Gasteiger partial charge >= 0.3 is 5.97 Å². The molecule has 1 aliphatic heterocycles. The van der Waals surface area contributed by atoms with Gasteiger partial charge in [-0.2, -0.15) is 0 Å². The van der Waals surface area contributed by atoms with E-state index in [0.29, 0.717) is 12.1 Å². The molecule has 1 unspecified atom stereocenters. The first kappa shape index (κ1) is 14.9. The van der Waals surface area contributed by atoms with Crippen LogP contribution in [0.1, 0.15) is 24.1 Å². The second-order valence-corrected chi connectivity index (χ2v) is 6.19. The third kappa shape index (κ3) is 2.50. The largest absolute Gasteiger partial charge is 0.480 e. The highest BCUT2D eigenvalue weighted by Crippen LogP contribution is 2.28. The Hall–Kier alpha value is -1.11. The second-order valence-electron chi connectivity index (χ2n) is 3.92. The van der Waals surface area contributed by atoms with E-state index >= 15 is 0 Å². The number of nitrogens with one attached hydrogen (secondary N) is 1. The Morgan fingerprint density at radius 2 is 2.17 bits per heavy atom. The highest BCUT2D eigenvalue weighted by atomic mass is 35.5. The second kappa shape index (κ2) is 5.26. The number of carboxylic acid groups (broad SMARTS) is 1. The van der Waals surface area contributed by atoms with Gasteiger partial charge in [-0.3, -0.25) is 10.1 Å². The maximum atomic E-state index is 11.7. The molecule has 0 saturated carbocycles. The average Bonchev–Trinajstić information content (AvgIpc) is 2.71. The van der Waals surface area contributed by atoms with Gasteiger partial charge in [-0.1, -0.05) is 13.0 Å². The quantitative estimate of drug-likeness (QED) is 0.872. The summed E-state index contributed by atoms with van der Waals surface area (Å²) < 4.78 is 23.4. The molecule has 5 nitrogen and oxygen atoms in total. The SMILES string of the molecule is CCS(=O)(=O)c1ccc2c(c1)CNC2C(=O)O.Cl. The Bertz CT molecular complexity index is 570. The lowest BCUT2D eigenvalue weighted by Gasteiger charge is -2.07. The first-order valence-corrected chi connectivity index (χ1v) is 6.92. The van der Waals surface area contributed by atoms with Crippen molar-refractivity contribution in [2.75, 3.05) is 5.75 Å². The lowest BCUT2D eigenvalue weighted by molar-refractivity contribution is -0.139. The number of fused-ring (bicyclic) bond motifs is 1. The van der Waals surface area contributed by atoms with Gasteiger partial charge in [0, 0.05) is 6.54 Å². The van der Waals surface area contributed by atoms with Crippen LogP contribution >= 0.6 is 12.4 Å². The summed E-state index contributed by atoms with van der Waals surface area (Å²) in [5.41, 5.74) is 1.39. The minimum absolute atomic E-state index is 0. The normalized spacial score (nSPS) is 17.9. The molecule has 2 N–H and O–H groups in total. The van der Waals surface area contributed by atoms with Crippen molar-refractivity contribution in [1.29, 1.82) is 0 Å². The fraction of sp³-hybridized carbons (Fsp3) is 0.364. The molecule has 2 rings (SSSR count). The van der Waals surface area contributed by atoms with E-state index in [2.05, 4.69) is 5.32 Å². The molecule has 18 heavy (non-hydrogen) atoms. The van der Waals surface area contributed by atoms with Crippen LogP contribution in [0, 0.1) is 0 Å². The summed E-state index contributed by atoms with van der Waals surface area (Å²) in [5, 5.41) is 11.8.